The molecule has 0 aliphatic heterocycles. The van der Waals surface area contributed by atoms with Crippen LogP contribution in [0.5, 0.6) is 0 Å². The van der Waals surface area contributed by atoms with E-state index in [4.69, 9.17) is 0 Å². The van der Waals surface area contributed by atoms with Gasteiger partial charge in [-0.15, -0.1) is 11.8 Å². The van der Waals surface area contributed by atoms with Gasteiger partial charge in [0.05, 0.1) is 8.07 Å². The second-order valence-corrected chi connectivity index (χ2v) is 9.84. The number of thioether (sulfide) groups is 1. The molecule has 0 spiro atoms. The Labute approximate surface area is 80.4 Å². The zero-order chi connectivity index (χ0) is 9.19. The fraction of sp³-hybridized carbons (Fsp3) is 0.400. The normalized spacial score (nSPS) is 11.7. The van der Waals surface area contributed by atoms with Crippen LogP contribution in [0.1, 0.15) is 0 Å². The van der Waals surface area contributed by atoms with Gasteiger partial charge in [0.25, 0.3) is 0 Å². The Morgan fingerprint density at radius 1 is 1.08 bits per heavy atom. The maximum Gasteiger partial charge on any atom is 0.0790 e. The van der Waals surface area contributed by atoms with Gasteiger partial charge < -0.3 is 0 Å². The molecule has 0 radical (unpaired) electrons. The van der Waals surface area contributed by atoms with Crippen LogP contribution in [-0.2, 0) is 0 Å². The Kier molecular flexibility index (Phi) is 3.02. The number of rotatable bonds is 2. The van der Waals surface area contributed by atoms with Gasteiger partial charge in [0.1, 0.15) is 0 Å². The molecule has 0 nitrogen and oxygen atoms in total. The van der Waals surface area contributed by atoms with E-state index in [-0.39, 0.29) is 0 Å². The Morgan fingerprint density at radius 3 is 2.08 bits per heavy atom. The van der Waals surface area contributed by atoms with E-state index in [9.17, 15) is 0 Å². The van der Waals surface area contributed by atoms with Crippen molar-refractivity contribution in [1.82, 2.24) is 0 Å². The largest absolute Gasteiger partial charge is 0.130 e. The average molecular weight is 196 g/mol. The van der Waals surface area contributed by atoms with Gasteiger partial charge in [0.15, 0.2) is 0 Å². The van der Waals surface area contributed by atoms with Crippen LogP contribution in [0.3, 0.4) is 0 Å². The number of benzene rings is 1. The minimum atomic E-state index is -1.12. The lowest BCUT2D eigenvalue weighted by Crippen LogP contribution is -2.38. The van der Waals surface area contributed by atoms with Crippen LogP contribution >= 0.6 is 11.8 Å². The van der Waals surface area contributed by atoms with Crippen molar-refractivity contribution in [3.8, 4) is 0 Å². The number of hydrogen-bond donors (Lipinski definition) is 0. The highest BCUT2D eigenvalue weighted by atomic mass is 32.2. The Balaban J connectivity index is 3.14. The molecule has 0 saturated heterocycles. The summed E-state index contributed by atoms with van der Waals surface area (Å²) in [7, 11) is -1.12. The molecule has 0 saturated carbocycles. The van der Waals surface area contributed by atoms with E-state index >= 15 is 0 Å². The van der Waals surface area contributed by atoms with Gasteiger partial charge in [-0.25, -0.2) is 0 Å². The van der Waals surface area contributed by atoms with E-state index in [1.54, 1.807) is 5.19 Å². The molecule has 0 aromatic heterocycles. The second kappa shape index (κ2) is 3.67. The van der Waals surface area contributed by atoms with Crippen LogP contribution in [-0.4, -0.2) is 14.3 Å². The van der Waals surface area contributed by atoms with Crippen LogP contribution in [0.2, 0.25) is 19.6 Å². The van der Waals surface area contributed by atoms with E-state index in [0.29, 0.717) is 0 Å². The molecule has 0 aliphatic carbocycles. The maximum atomic E-state index is 2.39. The first kappa shape index (κ1) is 9.87. The van der Waals surface area contributed by atoms with E-state index in [2.05, 4.69) is 50.2 Å². The fourth-order valence-electron chi connectivity index (χ4n) is 1.26. The quantitative estimate of drug-likeness (QED) is 0.518. The summed E-state index contributed by atoms with van der Waals surface area (Å²) in [6.07, 6.45) is 2.15. The highest BCUT2D eigenvalue weighted by molar-refractivity contribution is 7.98. The first-order valence-corrected chi connectivity index (χ1v) is 8.91. The summed E-state index contributed by atoms with van der Waals surface area (Å²) in [5, 5.41) is 1.58. The zero-order valence-electron chi connectivity index (χ0n) is 8.22. The van der Waals surface area contributed by atoms with E-state index in [1.165, 1.54) is 4.90 Å². The predicted molar refractivity (Wildman–Crippen MR) is 61.2 cm³/mol. The van der Waals surface area contributed by atoms with Crippen molar-refractivity contribution in [1.29, 1.82) is 0 Å². The molecular formula is C10H16SSi. The van der Waals surface area contributed by atoms with Gasteiger partial charge >= 0.3 is 0 Å². The molecule has 66 valence electrons. The lowest BCUT2D eigenvalue weighted by atomic mass is 10.4. The van der Waals surface area contributed by atoms with Crippen molar-refractivity contribution in [2.24, 2.45) is 0 Å². The molecule has 1 aromatic carbocycles. The molecule has 0 bridgehead atoms. The SMILES string of the molecule is CSc1ccccc1[Si](C)(C)C. The summed E-state index contributed by atoms with van der Waals surface area (Å²) in [5.74, 6) is 0. The summed E-state index contributed by atoms with van der Waals surface area (Å²) in [6, 6.07) is 8.76. The van der Waals surface area contributed by atoms with Gasteiger partial charge in [-0.3, -0.25) is 0 Å². The molecule has 0 atom stereocenters. The van der Waals surface area contributed by atoms with Crippen molar-refractivity contribution in [2.75, 3.05) is 6.26 Å². The molecule has 0 N–H and O–H groups in total. The monoisotopic (exact) mass is 196 g/mol. The van der Waals surface area contributed by atoms with Crippen molar-refractivity contribution in [3.63, 3.8) is 0 Å². The van der Waals surface area contributed by atoms with E-state index in [0.717, 1.165) is 0 Å². The third kappa shape index (κ3) is 2.14. The first-order chi connectivity index (χ1) is 5.55. The summed E-state index contributed by atoms with van der Waals surface area (Å²) >= 11 is 1.86. The summed E-state index contributed by atoms with van der Waals surface area (Å²) in [4.78, 5) is 1.46. The van der Waals surface area contributed by atoms with Crippen molar-refractivity contribution in [2.45, 2.75) is 24.5 Å². The predicted octanol–water partition coefficient (Wildman–Crippen LogP) is 2.95. The Bertz CT molecular complexity index is 263. The maximum absolute atomic E-state index is 2.39. The third-order valence-electron chi connectivity index (χ3n) is 1.91. The highest BCUT2D eigenvalue weighted by Gasteiger charge is 2.18. The minimum Gasteiger partial charge on any atom is -0.130 e. The smallest absolute Gasteiger partial charge is 0.0790 e. The van der Waals surface area contributed by atoms with Gasteiger partial charge in [0, 0.05) is 4.90 Å². The number of hydrogen-bond acceptors (Lipinski definition) is 1. The molecule has 0 fully saturated rings. The van der Waals surface area contributed by atoms with Gasteiger partial charge in [-0.2, -0.15) is 0 Å². The van der Waals surface area contributed by atoms with Crippen LogP contribution in [0.4, 0.5) is 0 Å². The van der Waals surface area contributed by atoms with E-state index < -0.39 is 8.07 Å². The molecule has 0 heterocycles. The van der Waals surface area contributed by atoms with Gasteiger partial charge in [-0.1, -0.05) is 37.8 Å². The topological polar surface area (TPSA) is 0 Å². The van der Waals surface area contributed by atoms with Crippen LogP contribution in [0.25, 0.3) is 0 Å². The van der Waals surface area contributed by atoms with Crippen molar-refractivity contribution < 1.29 is 0 Å². The Hall–Kier alpha value is -0.213. The standard InChI is InChI=1S/C10H16SSi/c1-11-9-7-5-6-8-10(9)12(2,3)4/h5-8H,1-4H3. The van der Waals surface area contributed by atoms with Crippen molar-refractivity contribution >= 4 is 25.0 Å². The molecule has 0 unspecified atom stereocenters. The van der Waals surface area contributed by atoms with Gasteiger partial charge in [-0.05, 0) is 17.5 Å². The second-order valence-electron chi connectivity index (χ2n) is 3.95. The first-order valence-electron chi connectivity index (χ1n) is 4.19. The van der Waals surface area contributed by atoms with Crippen molar-refractivity contribution in [3.05, 3.63) is 24.3 Å². The molecule has 0 amide bonds. The molecule has 1 rings (SSSR count). The minimum absolute atomic E-state index is 1.12. The van der Waals surface area contributed by atoms with Crippen LogP contribution in [0.15, 0.2) is 29.2 Å². The summed E-state index contributed by atoms with van der Waals surface area (Å²) in [5.41, 5.74) is 0. The zero-order valence-corrected chi connectivity index (χ0v) is 10.0. The third-order valence-corrected chi connectivity index (χ3v) is 4.94. The highest BCUT2D eigenvalue weighted by Crippen LogP contribution is 2.15. The lowest BCUT2D eigenvalue weighted by Gasteiger charge is -2.19. The summed E-state index contributed by atoms with van der Waals surface area (Å²) < 4.78 is 0. The molecule has 0 aliphatic rings. The fourth-order valence-corrected chi connectivity index (χ4v) is 4.41. The molecule has 2 heteroatoms. The van der Waals surface area contributed by atoms with E-state index in [1.807, 2.05) is 11.8 Å². The molecular weight excluding hydrogens is 180 g/mol. The molecule has 1 aromatic rings. The summed E-state index contributed by atoms with van der Waals surface area (Å²) in [6.45, 7) is 7.17. The lowest BCUT2D eigenvalue weighted by molar-refractivity contribution is 1.49. The van der Waals surface area contributed by atoms with Crippen LogP contribution in [0, 0.1) is 0 Å². The van der Waals surface area contributed by atoms with Gasteiger partial charge in [0.2, 0.25) is 0 Å². The Morgan fingerprint density at radius 2 is 1.67 bits per heavy atom. The average Bonchev–Trinajstić information content (AvgIpc) is 2.03. The van der Waals surface area contributed by atoms with Crippen LogP contribution < -0.4 is 5.19 Å². The molecule has 12 heavy (non-hydrogen) atoms.